The largest absolute Gasteiger partial charge is 0.480 e. The highest BCUT2D eigenvalue weighted by Crippen LogP contribution is 2.10. The Labute approximate surface area is 207 Å². The molecule has 3 amide bonds. The van der Waals surface area contributed by atoms with Crippen molar-refractivity contribution in [2.24, 2.45) is 17.6 Å². The molecule has 0 saturated heterocycles. The molecule has 0 aliphatic carbocycles. The van der Waals surface area contributed by atoms with Gasteiger partial charge in [-0.1, -0.05) is 58.0 Å². The van der Waals surface area contributed by atoms with Crippen LogP contribution < -0.4 is 21.7 Å². The maximum Gasteiger partial charge on any atom is 0.327 e. The Hall–Kier alpha value is -2.59. The number of carboxylic acid groups (broad SMARTS) is 1. The number of amides is 3. The third-order valence-corrected chi connectivity index (χ3v) is 5.48. The van der Waals surface area contributed by atoms with Crippen molar-refractivity contribution in [2.75, 3.05) is 5.75 Å². The van der Waals surface area contributed by atoms with Crippen LogP contribution in [0.4, 0.5) is 0 Å². The molecule has 0 aliphatic heterocycles. The summed E-state index contributed by atoms with van der Waals surface area (Å²) in [5.74, 6) is -2.77. The standard InChI is InChI=1S/C24H38N4O5S/c1-14(2)10-18(26-21(29)17(25)12-16-8-6-5-7-9-16)22(30)27-19(11-15(3)4)23(31)28-20(13-34)24(32)33/h5-9,14-15,17-20,34H,10-13,25H2,1-4H3,(H,26,29)(H,27,30)(H,28,31)(H,32,33). The molecule has 1 aromatic carbocycles. The van der Waals surface area contributed by atoms with Gasteiger partial charge in [-0.05, 0) is 36.7 Å². The quantitative estimate of drug-likeness (QED) is 0.213. The lowest BCUT2D eigenvalue weighted by Crippen LogP contribution is -2.57. The van der Waals surface area contributed by atoms with Gasteiger partial charge in [0.2, 0.25) is 17.7 Å². The first kappa shape index (κ1) is 29.4. The molecule has 4 atom stereocenters. The third-order valence-electron chi connectivity index (χ3n) is 5.11. The van der Waals surface area contributed by atoms with Crippen LogP contribution in [0.5, 0.6) is 0 Å². The molecule has 34 heavy (non-hydrogen) atoms. The molecule has 1 rings (SSSR count). The summed E-state index contributed by atoms with van der Waals surface area (Å²) in [7, 11) is 0. The number of nitrogens with one attached hydrogen (secondary N) is 3. The van der Waals surface area contributed by atoms with Crippen LogP contribution in [-0.2, 0) is 25.6 Å². The molecule has 0 bridgehead atoms. The number of carbonyl (C=O) groups excluding carboxylic acids is 3. The molecule has 0 heterocycles. The Kier molecular flexibility index (Phi) is 12.7. The maximum absolute atomic E-state index is 13.1. The first-order chi connectivity index (χ1) is 15.9. The van der Waals surface area contributed by atoms with Crippen LogP contribution >= 0.6 is 12.6 Å². The third kappa shape index (κ3) is 10.6. The van der Waals surface area contributed by atoms with Crippen molar-refractivity contribution in [3.05, 3.63) is 35.9 Å². The van der Waals surface area contributed by atoms with Crippen molar-refractivity contribution in [3.8, 4) is 0 Å². The molecule has 0 aromatic heterocycles. The molecule has 0 spiro atoms. The van der Waals surface area contributed by atoms with Crippen LogP contribution in [0.15, 0.2) is 30.3 Å². The number of hydrogen-bond donors (Lipinski definition) is 6. The number of carbonyl (C=O) groups is 4. The van der Waals surface area contributed by atoms with Gasteiger partial charge < -0.3 is 26.8 Å². The number of carboxylic acids is 1. The summed E-state index contributed by atoms with van der Waals surface area (Å²) in [5, 5.41) is 17.0. The van der Waals surface area contributed by atoms with Gasteiger partial charge in [-0.2, -0.15) is 12.6 Å². The minimum Gasteiger partial charge on any atom is -0.480 e. The van der Waals surface area contributed by atoms with Crippen LogP contribution in [0.25, 0.3) is 0 Å². The Morgan fingerprint density at radius 2 is 1.26 bits per heavy atom. The van der Waals surface area contributed by atoms with E-state index in [9.17, 15) is 24.3 Å². The molecule has 190 valence electrons. The molecule has 0 saturated carbocycles. The number of rotatable bonds is 14. The van der Waals surface area contributed by atoms with E-state index in [1.165, 1.54) is 0 Å². The van der Waals surface area contributed by atoms with Gasteiger partial charge in [-0.15, -0.1) is 0 Å². The average molecular weight is 495 g/mol. The monoisotopic (exact) mass is 494 g/mol. The van der Waals surface area contributed by atoms with Crippen molar-refractivity contribution in [1.82, 2.24) is 16.0 Å². The molecular formula is C24H38N4O5S. The van der Waals surface area contributed by atoms with Crippen LogP contribution in [0.3, 0.4) is 0 Å². The number of nitrogens with two attached hydrogens (primary N) is 1. The lowest BCUT2D eigenvalue weighted by atomic mass is 9.99. The second-order valence-electron chi connectivity index (χ2n) is 9.26. The highest BCUT2D eigenvalue weighted by Gasteiger charge is 2.30. The molecule has 10 heteroatoms. The average Bonchev–Trinajstić information content (AvgIpc) is 2.75. The maximum atomic E-state index is 13.1. The minimum atomic E-state index is -1.21. The molecule has 0 radical (unpaired) electrons. The summed E-state index contributed by atoms with van der Waals surface area (Å²) in [4.78, 5) is 49.8. The van der Waals surface area contributed by atoms with Gasteiger partial charge in [0.25, 0.3) is 0 Å². The van der Waals surface area contributed by atoms with Gasteiger partial charge >= 0.3 is 5.97 Å². The Morgan fingerprint density at radius 3 is 1.68 bits per heavy atom. The van der Waals surface area contributed by atoms with E-state index < -0.39 is 47.9 Å². The fourth-order valence-electron chi connectivity index (χ4n) is 3.38. The van der Waals surface area contributed by atoms with Crippen LogP contribution in [-0.4, -0.2) is 58.7 Å². The van der Waals surface area contributed by atoms with Crippen molar-refractivity contribution in [1.29, 1.82) is 0 Å². The van der Waals surface area contributed by atoms with E-state index in [2.05, 4.69) is 28.6 Å². The summed E-state index contributed by atoms with van der Waals surface area (Å²) in [5.41, 5.74) is 6.98. The van der Waals surface area contributed by atoms with E-state index in [1.807, 2.05) is 58.0 Å². The highest BCUT2D eigenvalue weighted by atomic mass is 32.1. The van der Waals surface area contributed by atoms with Crippen molar-refractivity contribution in [3.63, 3.8) is 0 Å². The summed E-state index contributed by atoms with van der Waals surface area (Å²) in [6, 6.07) is 5.46. The summed E-state index contributed by atoms with van der Waals surface area (Å²) in [6.07, 6.45) is 0.966. The van der Waals surface area contributed by atoms with Gasteiger partial charge in [-0.25, -0.2) is 4.79 Å². The summed E-state index contributed by atoms with van der Waals surface area (Å²) < 4.78 is 0. The van der Waals surface area contributed by atoms with E-state index in [1.54, 1.807) is 0 Å². The summed E-state index contributed by atoms with van der Waals surface area (Å²) in [6.45, 7) is 7.60. The van der Waals surface area contributed by atoms with Crippen molar-refractivity contribution >= 4 is 36.3 Å². The van der Waals surface area contributed by atoms with Gasteiger partial charge in [0.05, 0.1) is 6.04 Å². The SMILES string of the molecule is CC(C)CC(NC(=O)C(N)Cc1ccccc1)C(=O)NC(CC(C)C)C(=O)NC(CS)C(=O)O. The molecule has 0 fully saturated rings. The van der Waals surface area contributed by atoms with E-state index in [4.69, 9.17) is 5.73 Å². The zero-order chi connectivity index (χ0) is 25.8. The first-order valence-electron chi connectivity index (χ1n) is 11.5. The Balaban J connectivity index is 2.92. The number of thiol groups is 1. The minimum absolute atomic E-state index is 0.0489. The van der Waals surface area contributed by atoms with E-state index in [-0.39, 0.29) is 17.6 Å². The lowest BCUT2D eigenvalue weighted by Gasteiger charge is -2.26. The van der Waals surface area contributed by atoms with E-state index >= 15 is 0 Å². The molecule has 6 N–H and O–H groups in total. The van der Waals surface area contributed by atoms with Gasteiger partial charge in [0.15, 0.2) is 0 Å². The lowest BCUT2D eigenvalue weighted by molar-refractivity contribution is -0.141. The fraction of sp³-hybridized carbons (Fsp3) is 0.583. The number of aliphatic carboxylic acids is 1. The molecule has 0 aliphatic rings. The second kappa shape index (κ2) is 14.6. The van der Waals surface area contributed by atoms with Crippen molar-refractivity contribution in [2.45, 2.75) is 71.1 Å². The molecule has 4 unspecified atom stereocenters. The Morgan fingerprint density at radius 1 is 0.824 bits per heavy atom. The van der Waals surface area contributed by atoms with Crippen molar-refractivity contribution < 1.29 is 24.3 Å². The number of hydrogen-bond acceptors (Lipinski definition) is 6. The van der Waals surface area contributed by atoms with E-state index in [0.717, 1.165) is 5.56 Å². The fourth-order valence-corrected chi connectivity index (χ4v) is 3.62. The van der Waals surface area contributed by atoms with E-state index in [0.29, 0.717) is 19.3 Å². The Bertz CT molecular complexity index is 819. The topological polar surface area (TPSA) is 151 Å². The molecule has 1 aromatic rings. The predicted molar refractivity (Wildman–Crippen MR) is 134 cm³/mol. The van der Waals surface area contributed by atoms with Crippen LogP contribution in [0.1, 0.15) is 46.1 Å². The van der Waals surface area contributed by atoms with Gasteiger partial charge in [0, 0.05) is 5.75 Å². The summed E-state index contributed by atoms with van der Waals surface area (Å²) >= 11 is 3.96. The number of benzene rings is 1. The van der Waals surface area contributed by atoms with Gasteiger partial charge in [0.1, 0.15) is 18.1 Å². The normalized spacial score (nSPS) is 14.7. The predicted octanol–water partition coefficient (Wildman–Crippen LogP) is 1.12. The van der Waals surface area contributed by atoms with Gasteiger partial charge in [-0.3, -0.25) is 14.4 Å². The first-order valence-corrected chi connectivity index (χ1v) is 12.1. The highest BCUT2D eigenvalue weighted by molar-refractivity contribution is 7.80. The second-order valence-corrected chi connectivity index (χ2v) is 9.62. The van der Waals surface area contributed by atoms with Crippen LogP contribution in [0, 0.1) is 11.8 Å². The molecular weight excluding hydrogens is 456 g/mol. The van der Waals surface area contributed by atoms with Crippen LogP contribution in [0.2, 0.25) is 0 Å². The zero-order valence-corrected chi connectivity index (χ0v) is 21.2. The smallest absolute Gasteiger partial charge is 0.327 e. The molecule has 9 nitrogen and oxygen atoms in total. The zero-order valence-electron chi connectivity index (χ0n) is 20.3.